The van der Waals surface area contributed by atoms with Crippen molar-refractivity contribution in [2.75, 3.05) is 6.61 Å². The van der Waals surface area contributed by atoms with E-state index in [0.717, 1.165) is 11.3 Å². The number of aromatic nitrogens is 1. The number of rotatable bonds is 5. The summed E-state index contributed by atoms with van der Waals surface area (Å²) in [5, 5.41) is 2.83. The highest BCUT2D eigenvalue weighted by atomic mass is 16.5. The number of nitrogens with one attached hydrogen (secondary N) is 1. The van der Waals surface area contributed by atoms with E-state index >= 15 is 0 Å². The first-order valence-electron chi connectivity index (χ1n) is 6.20. The van der Waals surface area contributed by atoms with Gasteiger partial charge < -0.3 is 10.1 Å². The molecule has 0 fully saturated rings. The number of ether oxygens (including phenoxy) is 1. The monoisotopic (exact) mass is 256 g/mol. The van der Waals surface area contributed by atoms with Gasteiger partial charge in [-0.25, -0.2) is 0 Å². The summed E-state index contributed by atoms with van der Waals surface area (Å²) in [5.41, 5.74) is 1.42. The van der Waals surface area contributed by atoms with Crippen molar-refractivity contribution in [2.24, 2.45) is 0 Å². The third-order valence-corrected chi connectivity index (χ3v) is 2.56. The van der Waals surface area contributed by atoms with Gasteiger partial charge in [-0.3, -0.25) is 9.78 Å². The molecule has 4 nitrogen and oxygen atoms in total. The largest absolute Gasteiger partial charge is 0.494 e. The Morgan fingerprint density at radius 2 is 2.16 bits per heavy atom. The molecule has 0 bridgehead atoms. The predicted molar refractivity (Wildman–Crippen MR) is 73.0 cm³/mol. The van der Waals surface area contributed by atoms with E-state index in [9.17, 15) is 4.79 Å². The van der Waals surface area contributed by atoms with Crippen molar-refractivity contribution in [1.82, 2.24) is 10.3 Å². The molecule has 1 amide bonds. The topological polar surface area (TPSA) is 51.2 Å². The lowest BCUT2D eigenvalue weighted by molar-refractivity contribution is 0.0946. The number of benzene rings is 1. The Bertz CT molecular complexity index is 541. The van der Waals surface area contributed by atoms with E-state index in [2.05, 4.69) is 10.3 Å². The van der Waals surface area contributed by atoms with E-state index < -0.39 is 0 Å². The molecular weight excluding hydrogens is 240 g/mol. The van der Waals surface area contributed by atoms with E-state index in [1.165, 1.54) is 0 Å². The van der Waals surface area contributed by atoms with Gasteiger partial charge in [-0.2, -0.15) is 0 Å². The van der Waals surface area contributed by atoms with Gasteiger partial charge in [0.25, 0.3) is 5.91 Å². The molecule has 98 valence electrons. The third-order valence-electron chi connectivity index (χ3n) is 2.56. The highest BCUT2D eigenvalue weighted by molar-refractivity contribution is 5.92. The minimum Gasteiger partial charge on any atom is -0.494 e. The molecule has 0 atom stereocenters. The molecule has 19 heavy (non-hydrogen) atoms. The minimum atomic E-state index is -0.178. The SMILES string of the molecule is CCOc1cccc(CNC(=O)c2ccccn2)c1. The summed E-state index contributed by atoms with van der Waals surface area (Å²) < 4.78 is 5.41. The Labute approximate surface area is 112 Å². The predicted octanol–water partition coefficient (Wildman–Crippen LogP) is 2.41. The number of hydrogen-bond donors (Lipinski definition) is 1. The smallest absolute Gasteiger partial charge is 0.270 e. The maximum Gasteiger partial charge on any atom is 0.270 e. The van der Waals surface area contributed by atoms with Crippen molar-refractivity contribution >= 4 is 5.91 Å². The maximum absolute atomic E-state index is 11.8. The maximum atomic E-state index is 11.8. The van der Waals surface area contributed by atoms with E-state index in [4.69, 9.17) is 4.74 Å². The zero-order chi connectivity index (χ0) is 13.5. The number of amides is 1. The van der Waals surface area contributed by atoms with Crippen LogP contribution in [0.2, 0.25) is 0 Å². The van der Waals surface area contributed by atoms with E-state index in [1.807, 2.05) is 31.2 Å². The number of carbonyl (C=O) groups is 1. The lowest BCUT2D eigenvalue weighted by Crippen LogP contribution is -2.23. The Morgan fingerprint density at radius 1 is 1.26 bits per heavy atom. The summed E-state index contributed by atoms with van der Waals surface area (Å²) in [5.74, 6) is 0.634. The van der Waals surface area contributed by atoms with Gasteiger partial charge in [-0.1, -0.05) is 18.2 Å². The summed E-state index contributed by atoms with van der Waals surface area (Å²) in [4.78, 5) is 15.8. The van der Waals surface area contributed by atoms with Crippen LogP contribution >= 0.6 is 0 Å². The van der Waals surface area contributed by atoms with Crippen LogP contribution in [0.15, 0.2) is 48.7 Å². The van der Waals surface area contributed by atoms with Crippen molar-refractivity contribution in [3.05, 3.63) is 59.9 Å². The summed E-state index contributed by atoms with van der Waals surface area (Å²) >= 11 is 0. The normalized spacial score (nSPS) is 9.95. The molecule has 0 aliphatic carbocycles. The lowest BCUT2D eigenvalue weighted by Gasteiger charge is -2.07. The molecule has 2 aromatic rings. The van der Waals surface area contributed by atoms with Crippen LogP contribution in [0.3, 0.4) is 0 Å². The van der Waals surface area contributed by atoms with Gasteiger partial charge in [0, 0.05) is 12.7 Å². The Morgan fingerprint density at radius 3 is 2.89 bits per heavy atom. The Kier molecular flexibility index (Phi) is 4.50. The van der Waals surface area contributed by atoms with Crippen molar-refractivity contribution in [3.8, 4) is 5.75 Å². The van der Waals surface area contributed by atoms with E-state index in [1.54, 1.807) is 24.4 Å². The summed E-state index contributed by atoms with van der Waals surface area (Å²) in [6, 6.07) is 12.9. The fourth-order valence-corrected chi connectivity index (χ4v) is 1.68. The van der Waals surface area contributed by atoms with Gasteiger partial charge in [-0.15, -0.1) is 0 Å². The second-order valence-corrected chi connectivity index (χ2v) is 3.98. The number of pyridine rings is 1. The Balaban J connectivity index is 1.95. The van der Waals surface area contributed by atoms with Crippen LogP contribution in [0.1, 0.15) is 23.0 Å². The lowest BCUT2D eigenvalue weighted by atomic mass is 10.2. The highest BCUT2D eigenvalue weighted by Crippen LogP contribution is 2.13. The molecule has 2 rings (SSSR count). The third kappa shape index (κ3) is 3.81. The van der Waals surface area contributed by atoms with Gasteiger partial charge in [-0.05, 0) is 36.8 Å². The van der Waals surface area contributed by atoms with Crippen molar-refractivity contribution < 1.29 is 9.53 Å². The Hall–Kier alpha value is -2.36. The standard InChI is InChI=1S/C15H16N2O2/c1-2-19-13-7-5-6-12(10-13)11-17-15(18)14-8-3-4-9-16-14/h3-10H,2,11H2,1H3,(H,17,18). The first-order chi connectivity index (χ1) is 9.29. The molecular formula is C15H16N2O2. The van der Waals surface area contributed by atoms with Gasteiger partial charge in [0.15, 0.2) is 0 Å². The molecule has 0 saturated carbocycles. The van der Waals surface area contributed by atoms with Gasteiger partial charge in [0.2, 0.25) is 0 Å². The van der Waals surface area contributed by atoms with Gasteiger partial charge in [0.1, 0.15) is 11.4 Å². The molecule has 0 unspecified atom stereocenters. The van der Waals surface area contributed by atoms with E-state index in [-0.39, 0.29) is 5.91 Å². The molecule has 0 aliphatic heterocycles. The number of hydrogen-bond acceptors (Lipinski definition) is 3. The van der Waals surface area contributed by atoms with Crippen molar-refractivity contribution in [2.45, 2.75) is 13.5 Å². The van der Waals surface area contributed by atoms with Crippen LogP contribution in [0.5, 0.6) is 5.75 Å². The molecule has 0 spiro atoms. The highest BCUT2D eigenvalue weighted by Gasteiger charge is 2.05. The zero-order valence-corrected chi connectivity index (χ0v) is 10.8. The molecule has 1 heterocycles. The fourth-order valence-electron chi connectivity index (χ4n) is 1.68. The van der Waals surface area contributed by atoms with Crippen LogP contribution in [0, 0.1) is 0 Å². The minimum absolute atomic E-state index is 0.178. The molecule has 1 aromatic carbocycles. The first kappa shape index (κ1) is 13.1. The summed E-state index contributed by atoms with van der Waals surface area (Å²) in [6.07, 6.45) is 1.60. The second kappa shape index (κ2) is 6.54. The van der Waals surface area contributed by atoms with Crippen LogP contribution in [-0.4, -0.2) is 17.5 Å². The molecule has 1 N–H and O–H groups in total. The number of nitrogens with zero attached hydrogens (tertiary/aromatic N) is 1. The number of carbonyl (C=O) groups excluding carboxylic acids is 1. The van der Waals surface area contributed by atoms with Crippen molar-refractivity contribution in [1.29, 1.82) is 0 Å². The summed E-state index contributed by atoms with van der Waals surface area (Å²) in [7, 11) is 0. The van der Waals surface area contributed by atoms with Crippen LogP contribution < -0.4 is 10.1 Å². The average Bonchev–Trinajstić information content (AvgIpc) is 2.46. The first-order valence-corrected chi connectivity index (χ1v) is 6.20. The van der Waals surface area contributed by atoms with Gasteiger partial charge >= 0.3 is 0 Å². The molecule has 0 saturated heterocycles. The van der Waals surface area contributed by atoms with Crippen LogP contribution in [0.4, 0.5) is 0 Å². The molecule has 4 heteroatoms. The quantitative estimate of drug-likeness (QED) is 0.893. The molecule has 1 aromatic heterocycles. The summed E-state index contributed by atoms with van der Waals surface area (Å²) in [6.45, 7) is 3.02. The van der Waals surface area contributed by atoms with Crippen molar-refractivity contribution in [3.63, 3.8) is 0 Å². The second-order valence-electron chi connectivity index (χ2n) is 3.98. The average molecular weight is 256 g/mol. The molecule has 0 aliphatic rings. The fraction of sp³-hybridized carbons (Fsp3) is 0.200. The van der Waals surface area contributed by atoms with Crippen LogP contribution in [-0.2, 0) is 6.54 Å². The van der Waals surface area contributed by atoms with Gasteiger partial charge in [0.05, 0.1) is 6.61 Å². The molecule has 0 radical (unpaired) electrons. The zero-order valence-electron chi connectivity index (χ0n) is 10.8. The van der Waals surface area contributed by atoms with Crippen LogP contribution in [0.25, 0.3) is 0 Å². The van der Waals surface area contributed by atoms with E-state index in [0.29, 0.717) is 18.8 Å².